The molecule has 0 fully saturated rings. The second-order valence-electron chi connectivity index (χ2n) is 5.00. The summed E-state index contributed by atoms with van der Waals surface area (Å²) in [5.41, 5.74) is 7.16. The number of carboxylic acid groups (broad SMARTS) is 1. The zero-order valence-electron chi connectivity index (χ0n) is 11.8. The van der Waals surface area contributed by atoms with E-state index in [9.17, 15) is 4.79 Å². The molecule has 0 bridgehead atoms. The molecule has 0 radical (unpaired) electrons. The maximum Gasteiger partial charge on any atom is 0.337 e. The summed E-state index contributed by atoms with van der Waals surface area (Å²) >= 11 is 0. The van der Waals surface area contributed by atoms with Crippen LogP contribution in [0.5, 0.6) is 0 Å². The summed E-state index contributed by atoms with van der Waals surface area (Å²) in [4.78, 5) is 11.1. The van der Waals surface area contributed by atoms with Gasteiger partial charge in [0, 0.05) is 11.7 Å². The van der Waals surface area contributed by atoms with Gasteiger partial charge < -0.3 is 16.2 Å². The van der Waals surface area contributed by atoms with Gasteiger partial charge in [0.15, 0.2) is 0 Å². The van der Waals surface area contributed by atoms with Gasteiger partial charge in [0.05, 0.1) is 11.3 Å². The number of carbonyl (C=O) groups is 1. The summed E-state index contributed by atoms with van der Waals surface area (Å²) in [5, 5.41) is 12.4. The van der Waals surface area contributed by atoms with Crippen LogP contribution in [0.3, 0.4) is 0 Å². The average Bonchev–Trinajstić information content (AvgIpc) is 2.34. The Hall–Kier alpha value is -1.71. The van der Waals surface area contributed by atoms with Crippen LogP contribution in [0.2, 0.25) is 0 Å². The number of nitrogens with one attached hydrogen (secondary N) is 1. The Morgan fingerprint density at radius 1 is 1.37 bits per heavy atom. The quantitative estimate of drug-likeness (QED) is 0.494. The first-order valence-electron chi connectivity index (χ1n) is 6.94. The minimum absolute atomic E-state index is 0.247. The second kappa shape index (κ2) is 7.67. The number of benzene rings is 1. The fraction of sp³-hybridized carbons (Fsp3) is 0.533. The first-order valence-corrected chi connectivity index (χ1v) is 6.94. The van der Waals surface area contributed by atoms with Gasteiger partial charge in [-0.2, -0.15) is 0 Å². The molecule has 106 valence electrons. The maximum atomic E-state index is 11.1. The number of aromatic carboxylic acids is 1. The summed E-state index contributed by atoms with van der Waals surface area (Å²) in [5.74, 6) is -0.930. The molecule has 4 N–H and O–H groups in total. The fourth-order valence-corrected chi connectivity index (χ4v) is 2.08. The van der Waals surface area contributed by atoms with Crippen LogP contribution in [0, 0.1) is 0 Å². The van der Waals surface area contributed by atoms with Crippen LogP contribution in [0.4, 0.5) is 11.4 Å². The molecule has 1 aromatic rings. The summed E-state index contributed by atoms with van der Waals surface area (Å²) < 4.78 is 0. The predicted molar refractivity (Wildman–Crippen MR) is 79.7 cm³/mol. The highest BCUT2D eigenvalue weighted by Gasteiger charge is 2.12. The van der Waals surface area contributed by atoms with Crippen molar-refractivity contribution in [3.8, 4) is 0 Å². The smallest absolute Gasteiger partial charge is 0.337 e. The minimum Gasteiger partial charge on any atom is -0.478 e. The third-order valence-electron chi connectivity index (χ3n) is 3.17. The van der Waals surface area contributed by atoms with E-state index < -0.39 is 5.97 Å². The average molecular weight is 264 g/mol. The number of hydrogen-bond acceptors (Lipinski definition) is 3. The molecule has 0 aliphatic rings. The third kappa shape index (κ3) is 5.20. The van der Waals surface area contributed by atoms with Gasteiger partial charge >= 0.3 is 5.97 Å². The lowest BCUT2D eigenvalue weighted by atomic mass is 10.1. The molecular formula is C15H24N2O2. The standard InChI is InChI=1S/C15H24N2O2/c1-3-4-5-6-7-11(2)17-14-10-12(16)8-9-13(14)15(18)19/h8-11,17H,3-7,16H2,1-2H3,(H,18,19). The van der Waals surface area contributed by atoms with E-state index in [0.717, 1.165) is 12.8 Å². The molecule has 1 atom stereocenters. The van der Waals surface area contributed by atoms with E-state index in [1.54, 1.807) is 18.2 Å². The monoisotopic (exact) mass is 264 g/mol. The van der Waals surface area contributed by atoms with E-state index in [0.29, 0.717) is 11.4 Å². The number of nitrogen functional groups attached to an aromatic ring is 1. The second-order valence-corrected chi connectivity index (χ2v) is 5.00. The first kappa shape index (κ1) is 15.3. The minimum atomic E-state index is -0.930. The lowest BCUT2D eigenvalue weighted by Gasteiger charge is -2.17. The van der Waals surface area contributed by atoms with Gasteiger partial charge in [-0.3, -0.25) is 0 Å². The van der Waals surface area contributed by atoms with Crippen molar-refractivity contribution in [1.82, 2.24) is 0 Å². The van der Waals surface area contributed by atoms with Crippen LogP contribution >= 0.6 is 0 Å². The molecule has 0 aliphatic heterocycles. The zero-order valence-corrected chi connectivity index (χ0v) is 11.8. The van der Waals surface area contributed by atoms with Crippen molar-refractivity contribution < 1.29 is 9.90 Å². The Kier molecular flexibility index (Phi) is 6.19. The number of anilines is 2. The van der Waals surface area contributed by atoms with Crippen molar-refractivity contribution in [3.63, 3.8) is 0 Å². The van der Waals surface area contributed by atoms with Crippen molar-refractivity contribution >= 4 is 17.3 Å². The molecule has 4 nitrogen and oxygen atoms in total. The van der Waals surface area contributed by atoms with Crippen LogP contribution in [0.1, 0.15) is 56.3 Å². The van der Waals surface area contributed by atoms with Crippen LogP contribution in [0.25, 0.3) is 0 Å². The SMILES string of the molecule is CCCCCCC(C)Nc1cc(N)ccc1C(=O)O. The van der Waals surface area contributed by atoms with E-state index in [1.165, 1.54) is 19.3 Å². The van der Waals surface area contributed by atoms with Gasteiger partial charge in [0.2, 0.25) is 0 Å². The summed E-state index contributed by atoms with van der Waals surface area (Å²) in [6.07, 6.45) is 5.90. The fourth-order valence-electron chi connectivity index (χ4n) is 2.08. The van der Waals surface area contributed by atoms with E-state index in [1.807, 2.05) is 0 Å². The Bertz CT molecular complexity index is 419. The normalized spacial score (nSPS) is 12.1. The van der Waals surface area contributed by atoms with Crippen molar-refractivity contribution in [3.05, 3.63) is 23.8 Å². The molecule has 0 saturated carbocycles. The van der Waals surface area contributed by atoms with Crippen LogP contribution in [-0.4, -0.2) is 17.1 Å². The first-order chi connectivity index (χ1) is 9.04. The summed E-state index contributed by atoms with van der Waals surface area (Å²) in [7, 11) is 0. The maximum absolute atomic E-state index is 11.1. The largest absolute Gasteiger partial charge is 0.478 e. The summed E-state index contributed by atoms with van der Waals surface area (Å²) in [6.45, 7) is 4.26. The number of unbranched alkanes of at least 4 members (excludes halogenated alkanes) is 3. The van der Waals surface area contributed by atoms with Crippen molar-refractivity contribution in [2.45, 2.75) is 52.0 Å². The molecule has 0 saturated heterocycles. The van der Waals surface area contributed by atoms with Gasteiger partial charge in [-0.15, -0.1) is 0 Å². The Morgan fingerprint density at radius 3 is 2.74 bits per heavy atom. The topological polar surface area (TPSA) is 75.3 Å². The molecule has 1 aromatic carbocycles. The van der Waals surface area contributed by atoms with Crippen LogP contribution in [0.15, 0.2) is 18.2 Å². The lowest BCUT2D eigenvalue weighted by Crippen LogP contribution is -2.17. The van der Waals surface area contributed by atoms with Gasteiger partial charge in [0.1, 0.15) is 0 Å². The molecule has 1 unspecified atom stereocenters. The van der Waals surface area contributed by atoms with Gasteiger partial charge in [0.25, 0.3) is 0 Å². The predicted octanol–water partition coefficient (Wildman–Crippen LogP) is 3.74. The number of rotatable bonds is 8. The Labute approximate surface area is 115 Å². The Morgan fingerprint density at radius 2 is 2.11 bits per heavy atom. The molecule has 0 spiro atoms. The third-order valence-corrected chi connectivity index (χ3v) is 3.17. The number of hydrogen-bond donors (Lipinski definition) is 3. The highest BCUT2D eigenvalue weighted by atomic mass is 16.4. The highest BCUT2D eigenvalue weighted by Crippen LogP contribution is 2.21. The number of carboxylic acids is 1. The molecule has 0 heterocycles. The van der Waals surface area contributed by atoms with Crippen LogP contribution in [-0.2, 0) is 0 Å². The van der Waals surface area contributed by atoms with Crippen LogP contribution < -0.4 is 11.1 Å². The molecular weight excluding hydrogens is 240 g/mol. The molecule has 4 heteroatoms. The summed E-state index contributed by atoms with van der Waals surface area (Å²) in [6, 6.07) is 5.09. The van der Waals surface area contributed by atoms with Crippen molar-refractivity contribution in [2.75, 3.05) is 11.1 Å². The molecule has 0 aromatic heterocycles. The van der Waals surface area contributed by atoms with Gasteiger partial charge in [-0.05, 0) is 31.5 Å². The van der Waals surface area contributed by atoms with Crippen molar-refractivity contribution in [2.24, 2.45) is 0 Å². The Balaban J connectivity index is 2.60. The van der Waals surface area contributed by atoms with Gasteiger partial charge in [-0.1, -0.05) is 32.6 Å². The zero-order chi connectivity index (χ0) is 14.3. The molecule has 0 aliphatic carbocycles. The molecule has 1 rings (SSSR count). The van der Waals surface area contributed by atoms with E-state index in [4.69, 9.17) is 10.8 Å². The number of nitrogens with two attached hydrogens (primary N) is 1. The van der Waals surface area contributed by atoms with E-state index in [-0.39, 0.29) is 11.6 Å². The van der Waals surface area contributed by atoms with E-state index >= 15 is 0 Å². The molecule has 0 amide bonds. The molecule has 19 heavy (non-hydrogen) atoms. The highest BCUT2D eigenvalue weighted by molar-refractivity contribution is 5.95. The van der Waals surface area contributed by atoms with E-state index in [2.05, 4.69) is 19.2 Å². The van der Waals surface area contributed by atoms with Gasteiger partial charge in [-0.25, -0.2) is 4.79 Å². The lowest BCUT2D eigenvalue weighted by molar-refractivity contribution is 0.0698. The van der Waals surface area contributed by atoms with Crippen molar-refractivity contribution in [1.29, 1.82) is 0 Å².